The van der Waals surface area contributed by atoms with Crippen LogP contribution < -0.4 is 10.6 Å². The Morgan fingerprint density at radius 3 is 2.80 bits per heavy atom. The van der Waals surface area contributed by atoms with E-state index in [4.69, 9.17) is 5.11 Å². The molecule has 0 saturated carbocycles. The van der Waals surface area contributed by atoms with E-state index in [1.807, 2.05) is 0 Å². The first-order valence-electron chi connectivity index (χ1n) is 6.10. The Morgan fingerprint density at radius 1 is 1.40 bits per heavy atom. The van der Waals surface area contributed by atoms with E-state index in [1.54, 1.807) is 18.2 Å². The fraction of sp³-hybridized carbons (Fsp3) is 0.308. The molecular weight excluding hydrogens is 280 g/mol. The summed E-state index contributed by atoms with van der Waals surface area (Å²) in [6, 6.07) is 6.19. The summed E-state index contributed by atoms with van der Waals surface area (Å²) >= 11 is 1.08. The number of hydrogen-bond acceptors (Lipinski definition) is 4. The van der Waals surface area contributed by atoms with Gasteiger partial charge in [-0.15, -0.1) is 0 Å². The van der Waals surface area contributed by atoms with Crippen LogP contribution in [-0.4, -0.2) is 40.6 Å². The maximum Gasteiger partial charge on any atom is 0.335 e. The summed E-state index contributed by atoms with van der Waals surface area (Å²) in [4.78, 5) is 33.8. The predicted molar refractivity (Wildman–Crippen MR) is 74.9 cm³/mol. The van der Waals surface area contributed by atoms with Crippen LogP contribution in [-0.2, 0) is 11.2 Å². The number of rotatable bonds is 5. The highest BCUT2D eigenvalue weighted by Gasteiger charge is 2.27. The molecule has 1 unspecified atom stereocenters. The van der Waals surface area contributed by atoms with E-state index < -0.39 is 12.0 Å². The summed E-state index contributed by atoms with van der Waals surface area (Å²) in [5, 5.41) is 14.1. The second kappa shape index (κ2) is 6.42. The average molecular weight is 294 g/mol. The normalized spacial score (nSPS) is 17.6. The molecule has 6 nitrogen and oxygen atoms in total. The Labute approximate surface area is 119 Å². The van der Waals surface area contributed by atoms with Crippen LogP contribution in [0.15, 0.2) is 24.3 Å². The molecule has 1 aliphatic rings. The molecular formula is C13H14N2O4S. The van der Waals surface area contributed by atoms with Crippen LogP contribution in [0.4, 0.5) is 4.79 Å². The third kappa shape index (κ3) is 3.51. The largest absolute Gasteiger partial charge is 0.478 e. The molecule has 1 heterocycles. The van der Waals surface area contributed by atoms with Gasteiger partial charge in [-0.05, 0) is 18.1 Å². The molecule has 106 valence electrons. The van der Waals surface area contributed by atoms with Crippen molar-refractivity contribution in [2.75, 3.05) is 12.3 Å². The number of hydrogen-bond donors (Lipinski definition) is 3. The number of carbonyl (C=O) groups is 3. The Morgan fingerprint density at radius 2 is 2.15 bits per heavy atom. The number of nitrogens with one attached hydrogen (secondary N) is 2. The molecule has 1 aromatic carbocycles. The summed E-state index contributed by atoms with van der Waals surface area (Å²) in [7, 11) is 0. The molecule has 3 N–H and O–H groups in total. The lowest BCUT2D eigenvalue weighted by atomic mass is 10.0. The molecule has 1 fully saturated rings. The predicted octanol–water partition coefficient (Wildman–Crippen LogP) is 0.868. The van der Waals surface area contributed by atoms with Crippen molar-refractivity contribution in [3.05, 3.63) is 35.4 Å². The van der Waals surface area contributed by atoms with E-state index in [9.17, 15) is 14.4 Å². The number of benzene rings is 1. The molecule has 1 aromatic rings. The van der Waals surface area contributed by atoms with E-state index in [0.717, 1.165) is 11.8 Å². The van der Waals surface area contributed by atoms with Crippen LogP contribution in [0.3, 0.4) is 0 Å². The quantitative estimate of drug-likeness (QED) is 0.749. The third-order valence-electron chi connectivity index (χ3n) is 2.93. The van der Waals surface area contributed by atoms with Crippen LogP contribution in [0.5, 0.6) is 0 Å². The lowest BCUT2D eigenvalue weighted by molar-refractivity contribution is -0.122. The van der Waals surface area contributed by atoms with Gasteiger partial charge in [-0.3, -0.25) is 9.59 Å². The molecule has 0 aromatic heterocycles. The van der Waals surface area contributed by atoms with Crippen molar-refractivity contribution in [2.24, 2.45) is 0 Å². The first kappa shape index (κ1) is 14.4. The van der Waals surface area contributed by atoms with Gasteiger partial charge in [0.25, 0.3) is 5.24 Å². The molecule has 20 heavy (non-hydrogen) atoms. The van der Waals surface area contributed by atoms with E-state index in [1.165, 1.54) is 6.07 Å². The van der Waals surface area contributed by atoms with Crippen LogP contribution in [0.1, 0.15) is 15.9 Å². The van der Waals surface area contributed by atoms with Gasteiger partial charge in [0, 0.05) is 12.3 Å². The molecule has 7 heteroatoms. The van der Waals surface area contributed by atoms with E-state index in [-0.39, 0.29) is 16.7 Å². The summed E-state index contributed by atoms with van der Waals surface area (Å²) in [6.45, 7) is 0.333. The third-order valence-corrected chi connectivity index (χ3v) is 3.81. The Kier molecular flexibility index (Phi) is 4.62. The van der Waals surface area contributed by atoms with E-state index in [0.29, 0.717) is 24.3 Å². The van der Waals surface area contributed by atoms with Crippen molar-refractivity contribution in [1.29, 1.82) is 0 Å². The van der Waals surface area contributed by atoms with Gasteiger partial charge in [0.2, 0.25) is 5.91 Å². The SMILES string of the molecule is O=C1NC(C(=O)NCCc2ccccc2C(=O)O)CS1. The second-order valence-electron chi connectivity index (χ2n) is 4.30. The highest BCUT2D eigenvalue weighted by atomic mass is 32.2. The Hall–Kier alpha value is -2.02. The number of aromatic carboxylic acids is 1. The van der Waals surface area contributed by atoms with Gasteiger partial charge < -0.3 is 15.7 Å². The summed E-state index contributed by atoms with van der Waals surface area (Å²) in [5.41, 5.74) is 0.914. The van der Waals surface area contributed by atoms with E-state index >= 15 is 0 Å². The standard InChI is InChI=1S/C13H14N2O4S/c16-11(10-7-20-13(19)15-10)14-6-5-8-3-1-2-4-9(8)12(17)18/h1-4,10H,5-7H2,(H,14,16)(H,15,19)(H,17,18). The Bertz CT molecular complexity index is 547. The zero-order valence-corrected chi connectivity index (χ0v) is 11.4. The fourth-order valence-corrected chi connectivity index (χ4v) is 2.69. The van der Waals surface area contributed by atoms with Crippen molar-refractivity contribution in [3.63, 3.8) is 0 Å². The maximum atomic E-state index is 11.7. The summed E-state index contributed by atoms with van der Waals surface area (Å²) < 4.78 is 0. The second-order valence-corrected chi connectivity index (χ2v) is 5.29. The highest BCUT2D eigenvalue weighted by molar-refractivity contribution is 8.14. The smallest absolute Gasteiger partial charge is 0.335 e. The molecule has 2 rings (SSSR count). The molecule has 0 spiro atoms. The van der Waals surface area contributed by atoms with Gasteiger partial charge in [0.1, 0.15) is 6.04 Å². The van der Waals surface area contributed by atoms with Gasteiger partial charge >= 0.3 is 5.97 Å². The van der Waals surface area contributed by atoms with Crippen molar-refractivity contribution in [2.45, 2.75) is 12.5 Å². The van der Waals surface area contributed by atoms with Gasteiger partial charge in [0.15, 0.2) is 0 Å². The highest BCUT2D eigenvalue weighted by Crippen LogP contribution is 2.13. The van der Waals surface area contributed by atoms with Gasteiger partial charge in [0.05, 0.1) is 5.56 Å². The lowest BCUT2D eigenvalue weighted by Gasteiger charge is -2.11. The summed E-state index contributed by atoms with van der Waals surface area (Å²) in [5.74, 6) is -0.793. The number of carboxylic acids is 1. The molecule has 0 bridgehead atoms. The number of carbonyl (C=O) groups excluding carboxylic acids is 2. The zero-order valence-electron chi connectivity index (χ0n) is 10.6. The van der Waals surface area contributed by atoms with Gasteiger partial charge in [-0.25, -0.2) is 4.79 Å². The van der Waals surface area contributed by atoms with Crippen LogP contribution in [0, 0.1) is 0 Å². The minimum atomic E-state index is -0.980. The summed E-state index contributed by atoms with van der Waals surface area (Å²) in [6.07, 6.45) is 0.433. The van der Waals surface area contributed by atoms with E-state index in [2.05, 4.69) is 10.6 Å². The van der Waals surface area contributed by atoms with Crippen molar-refractivity contribution in [1.82, 2.24) is 10.6 Å². The zero-order chi connectivity index (χ0) is 14.5. The molecule has 0 radical (unpaired) electrons. The molecule has 2 amide bonds. The van der Waals surface area contributed by atoms with Crippen molar-refractivity contribution in [3.8, 4) is 0 Å². The van der Waals surface area contributed by atoms with Gasteiger partial charge in [-0.2, -0.15) is 0 Å². The Balaban J connectivity index is 1.85. The number of amides is 2. The monoisotopic (exact) mass is 294 g/mol. The lowest BCUT2D eigenvalue weighted by Crippen LogP contribution is -2.43. The molecule has 0 aliphatic carbocycles. The van der Waals surface area contributed by atoms with Crippen molar-refractivity contribution >= 4 is 28.9 Å². The minimum absolute atomic E-state index is 0.193. The molecule has 1 aliphatic heterocycles. The fourth-order valence-electron chi connectivity index (χ4n) is 1.92. The minimum Gasteiger partial charge on any atom is -0.478 e. The maximum absolute atomic E-state index is 11.7. The number of thioether (sulfide) groups is 1. The van der Waals surface area contributed by atoms with Crippen LogP contribution in [0.25, 0.3) is 0 Å². The first-order chi connectivity index (χ1) is 9.58. The van der Waals surface area contributed by atoms with Crippen LogP contribution in [0.2, 0.25) is 0 Å². The first-order valence-corrected chi connectivity index (χ1v) is 7.08. The topological polar surface area (TPSA) is 95.5 Å². The van der Waals surface area contributed by atoms with Gasteiger partial charge in [-0.1, -0.05) is 30.0 Å². The average Bonchev–Trinajstić information content (AvgIpc) is 2.86. The molecule has 1 saturated heterocycles. The van der Waals surface area contributed by atoms with Crippen LogP contribution >= 0.6 is 11.8 Å². The molecule has 1 atom stereocenters. The number of carboxylic acid groups (broad SMARTS) is 1. The van der Waals surface area contributed by atoms with Crippen molar-refractivity contribution < 1.29 is 19.5 Å².